The fraction of sp³-hybridized carbons (Fsp3) is 0.533. The van der Waals surface area contributed by atoms with Crippen LogP contribution >= 0.6 is 11.8 Å². The van der Waals surface area contributed by atoms with E-state index < -0.39 is 0 Å². The summed E-state index contributed by atoms with van der Waals surface area (Å²) in [5, 5.41) is 3.28. The quantitative estimate of drug-likeness (QED) is 0.907. The van der Waals surface area contributed by atoms with Gasteiger partial charge in [0.1, 0.15) is 11.2 Å². The van der Waals surface area contributed by atoms with Crippen molar-refractivity contribution >= 4 is 17.7 Å². The van der Waals surface area contributed by atoms with Crippen molar-refractivity contribution < 1.29 is 9.18 Å². The van der Waals surface area contributed by atoms with E-state index in [2.05, 4.69) is 19.2 Å². The molecule has 1 saturated heterocycles. The second kappa shape index (κ2) is 6.59. The Labute approximate surface area is 123 Å². The number of rotatable bonds is 5. The summed E-state index contributed by atoms with van der Waals surface area (Å²) in [5.41, 5.74) is 0.985. The second-order valence-corrected chi connectivity index (χ2v) is 6.75. The minimum Gasteiger partial charge on any atom is -0.324 e. The van der Waals surface area contributed by atoms with Gasteiger partial charge in [-0.1, -0.05) is 26.0 Å². The predicted molar refractivity (Wildman–Crippen MR) is 81.0 cm³/mol. The largest absolute Gasteiger partial charge is 0.324 e. The molecule has 1 aromatic rings. The predicted octanol–water partition coefficient (Wildman–Crippen LogP) is 2.79. The Kier molecular flexibility index (Phi) is 5.05. The molecule has 2 rings (SSSR count). The van der Waals surface area contributed by atoms with Crippen molar-refractivity contribution in [3.63, 3.8) is 0 Å². The fourth-order valence-corrected chi connectivity index (χ4v) is 3.57. The van der Waals surface area contributed by atoms with Crippen LogP contribution in [0, 0.1) is 5.82 Å². The zero-order valence-electron chi connectivity index (χ0n) is 12.1. The number of hydrogen-bond acceptors (Lipinski definition) is 3. The van der Waals surface area contributed by atoms with Crippen molar-refractivity contribution in [3.05, 3.63) is 35.6 Å². The lowest BCUT2D eigenvalue weighted by Gasteiger charge is -2.24. The molecule has 1 fully saturated rings. The lowest BCUT2D eigenvalue weighted by atomic mass is 10.2. The molecule has 2 atom stereocenters. The van der Waals surface area contributed by atoms with E-state index in [1.165, 1.54) is 12.1 Å². The first kappa shape index (κ1) is 15.3. The van der Waals surface area contributed by atoms with Crippen LogP contribution < -0.4 is 5.32 Å². The second-order valence-electron chi connectivity index (χ2n) is 5.32. The van der Waals surface area contributed by atoms with Crippen LogP contribution in [0.5, 0.6) is 0 Å². The summed E-state index contributed by atoms with van der Waals surface area (Å²) in [6, 6.07) is 6.84. The molecule has 1 amide bonds. The summed E-state index contributed by atoms with van der Waals surface area (Å²) >= 11 is 1.63. The first-order valence-electron chi connectivity index (χ1n) is 6.94. The maximum atomic E-state index is 13.0. The number of carbonyl (C=O) groups is 1. The highest BCUT2D eigenvalue weighted by molar-refractivity contribution is 8.01. The molecule has 0 saturated carbocycles. The lowest BCUT2D eigenvalue weighted by Crippen LogP contribution is -2.38. The third-order valence-corrected chi connectivity index (χ3v) is 4.70. The van der Waals surface area contributed by atoms with Crippen molar-refractivity contribution in [3.8, 4) is 0 Å². The number of thioether (sulfide) groups is 1. The number of carbonyl (C=O) groups excluding carboxylic acids is 1. The molecule has 0 spiro atoms. The Morgan fingerprint density at radius 2 is 2.00 bits per heavy atom. The summed E-state index contributed by atoms with van der Waals surface area (Å²) in [5.74, 6) is -0.0842. The van der Waals surface area contributed by atoms with Crippen LogP contribution in [0.25, 0.3) is 0 Å². The van der Waals surface area contributed by atoms with Crippen molar-refractivity contribution in [2.45, 2.75) is 37.4 Å². The van der Waals surface area contributed by atoms with Gasteiger partial charge in [0, 0.05) is 19.1 Å². The van der Waals surface area contributed by atoms with Crippen LogP contribution in [0.2, 0.25) is 0 Å². The van der Waals surface area contributed by atoms with Gasteiger partial charge in [-0.05, 0) is 24.6 Å². The standard InChI is InChI=1S/C15H21FN2OS/c1-10(2)17-8-9-18-14(19)11(3)20-15(18)12-4-6-13(16)7-5-12/h4-7,10-11,15,17H,8-9H2,1-3H3/t11-,15+/m1/s1. The van der Waals surface area contributed by atoms with Gasteiger partial charge in [-0.2, -0.15) is 0 Å². The van der Waals surface area contributed by atoms with Crippen LogP contribution in [-0.2, 0) is 4.79 Å². The average molecular weight is 296 g/mol. The van der Waals surface area contributed by atoms with Crippen LogP contribution in [-0.4, -0.2) is 35.2 Å². The van der Waals surface area contributed by atoms with Crippen molar-refractivity contribution in [1.82, 2.24) is 10.2 Å². The molecule has 3 nitrogen and oxygen atoms in total. The van der Waals surface area contributed by atoms with E-state index in [0.717, 1.165) is 12.1 Å². The minimum atomic E-state index is -0.246. The highest BCUT2D eigenvalue weighted by Gasteiger charge is 2.37. The van der Waals surface area contributed by atoms with Gasteiger partial charge in [0.15, 0.2) is 0 Å². The normalized spacial score (nSPS) is 22.9. The summed E-state index contributed by atoms with van der Waals surface area (Å²) in [6.45, 7) is 7.55. The summed E-state index contributed by atoms with van der Waals surface area (Å²) in [6.07, 6.45) is 0. The zero-order valence-corrected chi connectivity index (χ0v) is 12.9. The minimum absolute atomic E-state index is 0.00735. The molecule has 0 bridgehead atoms. The maximum absolute atomic E-state index is 13.0. The molecule has 5 heteroatoms. The van der Waals surface area contributed by atoms with Gasteiger partial charge in [-0.25, -0.2) is 4.39 Å². The number of benzene rings is 1. The smallest absolute Gasteiger partial charge is 0.236 e. The SMILES string of the molecule is CC(C)NCCN1C(=O)[C@@H](C)S[C@H]1c1ccc(F)cc1. The van der Waals surface area contributed by atoms with Crippen molar-refractivity contribution in [1.29, 1.82) is 0 Å². The van der Waals surface area contributed by atoms with Gasteiger partial charge in [-0.15, -0.1) is 11.8 Å². The number of amides is 1. The van der Waals surface area contributed by atoms with Crippen LogP contribution in [0.4, 0.5) is 4.39 Å². The monoisotopic (exact) mass is 296 g/mol. The van der Waals surface area contributed by atoms with Gasteiger partial charge in [0.2, 0.25) is 5.91 Å². The van der Waals surface area contributed by atoms with Crippen molar-refractivity contribution in [2.24, 2.45) is 0 Å². The van der Waals surface area contributed by atoms with Crippen LogP contribution in [0.1, 0.15) is 31.7 Å². The average Bonchev–Trinajstić information content (AvgIpc) is 2.67. The fourth-order valence-electron chi connectivity index (χ4n) is 2.26. The topological polar surface area (TPSA) is 32.3 Å². The molecule has 0 aliphatic carbocycles. The molecule has 20 heavy (non-hydrogen) atoms. The highest BCUT2D eigenvalue weighted by atomic mass is 32.2. The number of halogens is 1. The molecule has 0 radical (unpaired) electrons. The van der Waals surface area contributed by atoms with E-state index in [0.29, 0.717) is 12.6 Å². The molecule has 0 aromatic heterocycles. The summed E-state index contributed by atoms with van der Waals surface area (Å²) in [4.78, 5) is 14.1. The molecule has 1 heterocycles. The Bertz CT molecular complexity index is 463. The Morgan fingerprint density at radius 3 is 2.60 bits per heavy atom. The summed E-state index contributed by atoms with van der Waals surface area (Å²) in [7, 11) is 0. The zero-order chi connectivity index (χ0) is 14.7. The maximum Gasteiger partial charge on any atom is 0.236 e. The van der Waals surface area contributed by atoms with Crippen molar-refractivity contribution in [2.75, 3.05) is 13.1 Å². The number of nitrogens with zero attached hydrogens (tertiary/aromatic N) is 1. The number of nitrogens with one attached hydrogen (secondary N) is 1. The Balaban J connectivity index is 2.09. The first-order chi connectivity index (χ1) is 9.49. The van der Waals surface area contributed by atoms with Gasteiger partial charge in [0.05, 0.1) is 5.25 Å². The molecule has 1 aliphatic heterocycles. The summed E-state index contributed by atoms with van der Waals surface area (Å²) < 4.78 is 13.0. The molecular formula is C15H21FN2OS. The van der Waals surface area contributed by atoms with E-state index in [9.17, 15) is 9.18 Å². The number of hydrogen-bond donors (Lipinski definition) is 1. The third kappa shape index (κ3) is 3.52. The molecule has 0 unspecified atom stereocenters. The first-order valence-corrected chi connectivity index (χ1v) is 7.88. The van der Waals surface area contributed by atoms with E-state index in [-0.39, 0.29) is 22.3 Å². The molecule has 1 aliphatic rings. The Morgan fingerprint density at radius 1 is 1.35 bits per heavy atom. The molecule has 1 N–H and O–H groups in total. The van der Waals surface area contributed by atoms with Gasteiger partial charge >= 0.3 is 0 Å². The molecule has 1 aromatic carbocycles. The van der Waals surface area contributed by atoms with E-state index in [4.69, 9.17) is 0 Å². The van der Waals surface area contributed by atoms with Crippen LogP contribution in [0.3, 0.4) is 0 Å². The van der Waals surface area contributed by atoms with E-state index >= 15 is 0 Å². The van der Waals surface area contributed by atoms with Gasteiger partial charge < -0.3 is 10.2 Å². The third-order valence-electron chi connectivity index (χ3n) is 3.31. The van der Waals surface area contributed by atoms with Crippen LogP contribution in [0.15, 0.2) is 24.3 Å². The van der Waals surface area contributed by atoms with Gasteiger partial charge in [0.25, 0.3) is 0 Å². The van der Waals surface area contributed by atoms with Gasteiger partial charge in [-0.3, -0.25) is 4.79 Å². The Hall–Kier alpha value is -1.07. The van der Waals surface area contributed by atoms with E-state index in [1.54, 1.807) is 23.9 Å². The van der Waals surface area contributed by atoms with E-state index in [1.807, 2.05) is 11.8 Å². The highest BCUT2D eigenvalue weighted by Crippen LogP contribution is 2.42. The molecular weight excluding hydrogens is 275 g/mol. The lowest BCUT2D eigenvalue weighted by molar-refractivity contribution is -0.129. The molecule has 110 valence electrons.